The lowest BCUT2D eigenvalue weighted by Gasteiger charge is -2.21. The van der Waals surface area contributed by atoms with Gasteiger partial charge in [-0.25, -0.2) is 0 Å². The molecule has 2 rings (SSSR count). The molecule has 0 bridgehead atoms. The first-order chi connectivity index (χ1) is 8.11. The van der Waals surface area contributed by atoms with Crippen molar-refractivity contribution in [2.24, 2.45) is 11.7 Å². The number of nitrogens with zero attached hydrogens (tertiary/aromatic N) is 1. The van der Waals surface area contributed by atoms with Crippen LogP contribution in [0.3, 0.4) is 0 Å². The molecule has 0 radical (unpaired) electrons. The summed E-state index contributed by atoms with van der Waals surface area (Å²) in [6.45, 7) is 3.28. The number of rotatable bonds is 2. The number of carbonyl (C=O) groups is 1. The van der Waals surface area contributed by atoms with E-state index in [1.807, 2.05) is 6.92 Å². The molecule has 2 unspecified atom stereocenters. The molecule has 3 N–H and O–H groups in total. The van der Waals surface area contributed by atoms with Gasteiger partial charge in [0.1, 0.15) is 5.69 Å². The van der Waals surface area contributed by atoms with Crippen LogP contribution < -0.4 is 11.3 Å². The monoisotopic (exact) mass is 235 g/mol. The van der Waals surface area contributed by atoms with Gasteiger partial charge in [-0.05, 0) is 31.9 Å². The second kappa shape index (κ2) is 4.71. The van der Waals surface area contributed by atoms with Gasteiger partial charge in [0.05, 0.1) is 0 Å². The van der Waals surface area contributed by atoms with E-state index < -0.39 is 0 Å². The molecular weight excluding hydrogens is 218 g/mol. The van der Waals surface area contributed by atoms with Crippen molar-refractivity contribution in [2.45, 2.75) is 19.4 Å². The van der Waals surface area contributed by atoms with E-state index in [9.17, 15) is 9.59 Å². The molecule has 5 nitrogen and oxygen atoms in total. The molecule has 0 saturated carbocycles. The molecule has 1 amide bonds. The standard InChI is InChI=1S/C12H17N3O2/c1-8-5-9(6-13)7-15(8)12(17)10-3-2-4-11(16)14-10/h2-4,8-9H,5-7,13H2,1H3,(H,14,16). The van der Waals surface area contributed by atoms with Crippen molar-refractivity contribution in [3.63, 3.8) is 0 Å². The maximum Gasteiger partial charge on any atom is 0.270 e. The number of carbonyl (C=O) groups excluding carboxylic acids is 1. The van der Waals surface area contributed by atoms with Gasteiger partial charge < -0.3 is 15.6 Å². The van der Waals surface area contributed by atoms with Gasteiger partial charge >= 0.3 is 0 Å². The average molecular weight is 235 g/mol. The normalized spacial score (nSPS) is 24.0. The largest absolute Gasteiger partial charge is 0.334 e. The average Bonchev–Trinajstić information content (AvgIpc) is 2.69. The van der Waals surface area contributed by atoms with Crippen LogP contribution in [0.25, 0.3) is 0 Å². The van der Waals surface area contributed by atoms with Crippen molar-refractivity contribution in [1.29, 1.82) is 0 Å². The number of aromatic nitrogens is 1. The summed E-state index contributed by atoms with van der Waals surface area (Å²) in [5, 5.41) is 0. The summed E-state index contributed by atoms with van der Waals surface area (Å²) in [6, 6.07) is 4.80. The second-order valence-corrected chi connectivity index (χ2v) is 4.57. The summed E-state index contributed by atoms with van der Waals surface area (Å²) in [5.41, 5.74) is 5.72. The van der Waals surface area contributed by atoms with E-state index in [-0.39, 0.29) is 17.5 Å². The summed E-state index contributed by atoms with van der Waals surface area (Å²) in [4.78, 5) is 27.7. The Labute approximate surface area is 99.6 Å². The molecular formula is C12H17N3O2. The number of H-pyrrole nitrogens is 1. The number of pyridine rings is 1. The fraction of sp³-hybridized carbons (Fsp3) is 0.500. The first kappa shape index (κ1) is 11.9. The highest BCUT2D eigenvalue weighted by Crippen LogP contribution is 2.23. The quantitative estimate of drug-likeness (QED) is 0.767. The molecule has 1 saturated heterocycles. The van der Waals surface area contributed by atoms with Crippen LogP contribution in [-0.4, -0.2) is 34.9 Å². The van der Waals surface area contributed by atoms with E-state index in [2.05, 4.69) is 4.98 Å². The predicted octanol–water partition coefficient (Wildman–Crippen LogP) is 0.184. The number of nitrogens with one attached hydrogen (secondary N) is 1. The second-order valence-electron chi connectivity index (χ2n) is 4.57. The van der Waals surface area contributed by atoms with Gasteiger partial charge in [0.2, 0.25) is 5.56 Å². The molecule has 17 heavy (non-hydrogen) atoms. The Balaban J connectivity index is 2.18. The Hall–Kier alpha value is -1.62. The molecule has 0 spiro atoms. The highest BCUT2D eigenvalue weighted by molar-refractivity contribution is 5.92. The summed E-state index contributed by atoms with van der Waals surface area (Å²) in [7, 11) is 0. The van der Waals surface area contributed by atoms with Crippen molar-refractivity contribution < 1.29 is 4.79 Å². The molecule has 2 heterocycles. The Bertz CT molecular complexity index is 469. The van der Waals surface area contributed by atoms with Crippen LogP contribution in [0.1, 0.15) is 23.8 Å². The molecule has 1 fully saturated rings. The van der Waals surface area contributed by atoms with Gasteiger partial charge in [-0.15, -0.1) is 0 Å². The smallest absolute Gasteiger partial charge is 0.270 e. The Morgan fingerprint density at radius 1 is 1.59 bits per heavy atom. The van der Waals surface area contributed by atoms with Crippen LogP contribution in [0.5, 0.6) is 0 Å². The lowest BCUT2D eigenvalue weighted by atomic mass is 10.1. The van der Waals surface area contributed by atoms with E-state index in [0.29, 0.717) is 24.7 Å². The molecule has 92 valence electrons. The summed E-state index contributed by atoms with van der Waals surface area (Å²) in [5.74, 6) is 0.246. The lowest BCUT2D eigenvalue weighted by molar-refractivity contribution is 0.0737. The number of amides is 1. The van der Waals surface area contributed by atoms with Crippen molar-refractivity contribution in [2.75, 3.05) is 13.1 Å². The molecule has 1 aliphatic rings. The predicted molar refractivity (Wildman–Crippen MR) is 64.7 cm³/mol. The van der Waals surface area contributed by atoms with E-state index in [4.69, 9.17) is 5.73 Å². The minimum atomic E-state index is -0.252. The maximum atomic E-state index is 12.2. The van der Waals surface area contributed by atoms with Gasteiger partial charge in [0.25, 0.3) is 5.91 Å². The van der Waals surface area contributed by atoms with Crippen LogP contribution >= 0.6 is 0 Å². The molecule has 0 aliphatic carbocycles. The minimum absolute atomic E-state index is 0.119. The zero-order valence-electron chi connectivity index (χ0n) is 9.85. The van der Waals surface area contributed by atoms with E-state index >= 15 is 0 Å². The van der Waals surface area contributed by atoms with E-state index in [1.165, 1.54) is 6.07 Å². The number of nitrogens with two attached hydrogens (primary N) is 1. The number of likely N-dealkylation sites (tertiary alicyclic amines) is 1. The van der Waals surface area contributed by atoms with Crippen LogP contribution in [0.15, 0.2) is 23.0 Å². The van der Waals surface area contributed by atoms with Gasteiger partial charge in [0, 0.05) is 18.7 Å². The summed E-state index contributed by atoms with van der Waals surface area (Å²) >= 11 is 0. The van der Waals surface area contributed by atoms with Gasteiger partial charge in [0.15, 0.2) is 0 Å². The molecule has 5 heteroatoms. The first-order valence-corrected chi connectivity index (χ1v) is 5.82. The van der Waals surface area contributed by atoms with Crippen molar-refractivity contribution >= 4 is 5.91 Å². The van der Waals surface area contributed by atoms with Crippen molar-refractivity contribution in [3.05, 3.63) is 34.2 Å². The minimum Gasteiger partial charge on any atom is -0.334 e. The summed E-state index contributed by atoms with van der Waals surface area (Å²) < 4.78 is 0. The van der Waals surface area contributed by atoms with Crippen LogP contribution in [-0.2, 0) is 0 Å². The molecule has 1 aliphatic heterocycles. The fourth-order valence-corrected chi connectivity index (χ4v) is 2.32. The van der Waals surface area contributed by atoms with Gasteiger partial charge in [-0.2, -0.15) is 0 Å². The summed E-state index contributed by atoms with van der Waals surface area (Å²) in [6.07, 6.45) is 0.930. The topological polar surface area (TPSA) is 79.2 Å². The van der Waals surface area contributed by atoms with Crippen molar-refractivity contribution in [3.8, 4) is 0 Å². The van der Waals surface area contributed by atoms with Crippen molar-refractivity contribution in [1.82, 2.24) is 9.88 Å². The van der Waals surface area contributed by atoms with E-state index in [1.54, 1.807) is 17.0 Å². The highest BCUT2D eigenvalue weighted by atomic mass is 16.2. The number of hydrogen-bond acceptors (Lipinski definition) is 3. The lowest BCUT2D eigenvalue weighted by Crippen LogP contribution is -2.35. The van der Waals surface area contributed by atoms with Crippen LogP contribution in [0.4, 0.5) is 0 Å². The third-order valence-electron chi connectivity index (χ3n) is 3.25. The zero-order chi connectivity index (χ0) is 12.4. The molecule has 2 atom stereocenters. The van der Waals surface area contributed by atoms with Crippen LogP contribution in [0, 0.1) is 5.92 Å². The first-order valence-electron chi connectivity index (χ1n) is 5.82. The third kappa shape index (κ3) is 2.39. The highest BCUT2D eigenvalue weighted by Gasteiger charge is 2.32. The SMILES string of the molecule is CC1CC(CN)CN1C(=O)c1cccc(=O)[nH]1. The zero-order valence-corrected chi connectivity index (χ0v) is 9.85. The Morgan fingerprint density at radius 3 is 2.94 bits per heavy atom. The molecule has 0 aromatic carbocycles. The third-order valence-corrected chi connectivity index (χ3v) is 3.25. The molecule has 1 aromatic rings. The van der Waals surface area contributed by atoms with Gasteiger partial charge in [-0.3, -0.25) is 9.59 Å². The van der Waals surface area contributed by atoms with Crippen LogP contribution in [0.2, 0.25) is 0 Å². The van der Waals surface area contributed by atoms with E-state index in [0.717, 1.165) is 6.42 Å². The number of aromatic amines is 1. The fourth-order valence-electron chi connectivity index (χ4n) is 2.32. The molecule has 1 aromatic heterocycles. The number of hydrogen-bond donors (Lipinski definition) is 2. The maximum absolute atomic E-state index is 12.2. The Kier molecular flexibility index (Phi) is 3.28. The Morgan fingerprint density at radius 2 is 2.35 bits per heavy atom. The van der Waals surface area contributed by atoms with Gasteiger partial charge in [-0.1, -0.05) is 6.07 Å².